The Hall–Kier alpha value is -0.910. The molecule has 3 nitrogen and oxygen atoms in total. The maximum absolute atomic E-state index is 4.43. The van der Waals surface area contributed by atoms with Crippen molar-refractivity contribution in [2.45, 2.75) is 42.5 Å². The van der Waals surface area contributed by atoms with Gasteiger partial charge >= 0.3 is 0 Å². The number of nitrogens with zero attached hydrogens (tertiary/aromatic N) is 2. The first-order valence-electron chi connectivity index (χ1n) is 6.55. The fourth-order valence-corrected chi connectivity index (χ4v) is 3.79. The highest BCUT2D eigenvalue weighted by atomic mass is 32.2. The van der Waals surface area contributed by atoms with Gasteiger partial charge in [-0.2, -0.15) is 4.37 Å². The summed E-state index contributed by atoms with van der Waals surface area (Å²) in [5.41, 5.74) is 1.35. The van der Waals surface area contributed by atoms with Crippen LogP contribution >= 0.6 is 23.3 Å². The van der Waals surface area contributed by atoms with Gasteiger partial charge in [0.15, 0.2) is 4.34 Å². The van der Waals surface area contributed by atoms with Gasteiger partial charge in [0.1, 0.15) is 5.82 Å². The van der Waals surface area contributed by atoms with Crippen LogP contribution in [0.5, 0.6) is 0 Å². The van der Waals surface area contributed by atoms with Crippen molar-refractivity contribution in [3.63, 3.8) is 0 Å². The maximum atomic E-state index is 4.43. The van der Waals surface area contributed by atoms with Gasteiger partial charge in [0.05, 0.1) is 0 Å². The molecule has 0 bridgehead atoms. The monoisotopic (exact) mass is 293 g/mol. The maximum Gasteiger partial charge on any atom is 0.174 e. The number of aromatic nitrogens is 2. The van der Waals surface area contributed by atoms with Crippen LogP contribution in [0, 0.1) is 6.92 Å². The Morgan fingerprint density at radius 3 is 2.74 bits per heavy atom. The molecule has 0 radical (unpaired) electrons. The van der Waals surface area contributed by atoms with Crippen LogP contribution in [0.2, 0.25) is 0 Å². The molecular formula is C14H19N3S2. The lowest BCUT2D eigenvalue weighted by Gasteiger charge is -2.19. The van der Waals surface area contributed by atoms with Gasteiger partial charge < -0.3 is 5.32 Å². The second kappa shape index (κ2) is 7.03. The van der Waals surface area contributed by atoms with E-state index in [2.05, 4.69) is 52.8 Å². The van der Waals surface area contributed by atoms with Gasteiger partial charge in [-0.15, -0.1) is 0 Å². The van der Waals surface area contributed by atoms with E-state index in [0.29, 0.717) is 6.04 Å². The largest absolute Gasteiger partial charge is 0.310 e. The van der Waals surface area contributed by atoms with Crippen LogP contribution in [0.1, 0.15) is 37.7 Å². The average Bonchev–Trinajstić information content (AvgIpc) is 2.82. The molecule has 0 saturated carbocycles. The Morgan fingerprint density at radius 2 is 2.11 bits per heavy atom. The molecule has 0 saturated heterocycles. The van der Waals surface area contributed by atoms with Gasteiger partial charge in [-0.3, -0.25) is 0 Å². The number of hydrogen-bond donors (Lipinski definition) is 1. The third-order valence-corrected chi connectivity index (χ3v) is 4.79. The van der Waals surface area contributed by atoms with E-state index in [0.717, 1.165) is 23.1 Å². The van der Waals surface area contributed by atoms with E-state index in [9.17, 15) is 0 Å². The summed E-state index contributed by atoms with van der Waals surface area (Å²) in [5.74, 6) is 0.851. The first-order valence-corrected chi connectivity index (χ1v) is 8.14. The van der Waals surface area contributed by atoms with Crippen LogP contribution in [0.15, 0.2) is 33.5 Å². The second-order valence-electron chi connectivity index (χ2n) is 4.27. The minimum absolute atomic E-state index is 0.405. The predicted octanol–water partition coefficient (Wildman–Crippen LogP) is 4.06. The smallest absolute Gasteiger partial charge is 0.174 e. The quantitative estimate of drug-likeness (QED) is 0.871. The summed E-state index contributed by atoms with van der Waals surface area (Å²) in [6, 6.07) is 8.95. The van der Waals surface area contributed by atoms with Gasteiger partial charge in [0.2, 0.25) is 0 Å². The average molecular weight is 293 g/mol. The van der Waals surface area contributed by atoms with Gasteiger partial charge in [-0.25, -0.2) is 4.98 Å². The molecule has 0 amide bonds. The molecule has 1 aromatic heterocycles. The third-order valence-electron chi connectivity index (χ3n) is 2.86. The van der Waals surface area contributed by atoms with Crippen LogP contribution in [0.3, 0.4) is 0 Å². The molecule has 0 fully saturated rings. The Balaban J connectivity index is 2.24. The van der Waals surface area contributed by atoms with E-state index in [1.54, 1.807) is 11.8 Å². The van der Waals surface area contributed by atoms with E-state index in [-0.39, 0.29) is 0 Å². The topological polar surface area (TPSA) is 37.8 Å². The zero-order valence-corrected chi connectivity index (χ0v) is 13.1. The number of benzene rings is 1. The van der Waals surface area contributed by atoms with Crippen LogP contribution < -0.4 is 5.32 Å². The summed E-state index contributed by atoms with van der Waals surface area (Å²) in [7, 11) is 0. The lowest BCUT2D eigenvalue weighted by atomic mass is 10.0. The highest BCUT2D eigenvalue weighted by Crippen LogP contribution is 2.34. The van der Waals surface area contributed by atoms with E-state index in [4.69, 9.17) is 0 Å². The summed E-state index contributed by atoms with van der Waals surface area (Å²) in [5, 5.41) is 3.53. The summed E-state index contributed by atoms with van der Waals surface area (Å²) in [6.45, 7) is 7.27. The molecule has 102 valence electrons. The first kappa shape index (κ1) is 14.5. The molecule has 2 aromatic rings. The van der Waals surface area contributed by atoms with Crippen molar-refractivity contribution >= 4 is 23.3 Å². The molecule has 1 aromatic carbocycles. The third kappa shape index (κ3) is 3.78. The van der Waals surface area contributed by atoms with Crippen molar-refractivity contribution < 1.29 is 0 Å². The molecule has 1 atom stereocenters. The van der Waals surface area contributed by atoms with Crippen molar-refractivity contribution in [3.8, 4) is 0 Å². The minimum Gasteiger partial charge on any atom is -0.310 e. The number of hydrogen-bond acceptors (Lipinski definition) is 5. The summed E-state index contributed by atoms with van der Waals surface area (Å²) >= 11 is 3.18. The minimum atomic E-state index is 0.405. The summed E-state index contributed by atoms with van der Waals surface area (Å²) in [4.78, 5) is 5.70. The summed E-state index contributed by atoms with van der Waals surface area (Å²) in [6.07, 6.45) is 1.08. The lowest BCUT2D eigenvalue weighted by Crippen LogP contribution is -2.20. The van der Waals surface area contributed by atoms with Gasteiger partial charge in [-0.05, 0) is 43.1 Å². The van der Waals surface area contributed by atoms with Crippen molar-refractivity contribution in [2.75, 3.05) is 6.54 Å². The Bertz CT molecular complexity index is 525. The van der Waals surface area contributed by atoms with E-state index >= 15 is 0 Å². The van der Waals surface area contributed by atoms with Crippen LogP contribution in [0.4, 0.5) is 0 Å². The Morgan fingerprint density at radius 1 is 1.32 bits per heavy atom. The second-order valence-corrected chi connectivity index (χ2v) is 6.31. The van der Waals surface area contributed by atoms with E-state index in [1.807, 2.05) is 6.92 Å². The molecule has 0 aliphatic heterocycles. The van der Waals surface area contributed by atoms with Gasteiger partial charge in [0, 0.05) is 10.9 Å². The fourth-order valence-electron chi connectivity index (χ4n) is 2.00. The van der Waals surface area contributed by atoms with Crippen LogP contribution in [-0.4, -0.2) is 15.9 Å². The van der Waals surface area contributed by atoms with Gasteiger partial charge in [0.25, 0.3) is 0 Å². The normalized spacial score (nSPS) is 12.6. The molecule has 0 aliphatic carbocycles. The molecular weight excluding hydrogens is 274 g/mol. The molecule has 1 N–H and O–H groups in total. The first-order chi connectivity index (χ1) is 9.24. The molecule has 1 heterocycles. The fraction of sp³-hybridized carbons (Fsp3) is 0.429. The standard InChI is InChI=1S/C14H19N3S2/c1-4-12(15-5-2)11-8-6-7-9-13(11)18-14-16-10(3)17-19-14/h6-9,12,15H,4-5H2,1-3H3. The van der Waals surface area contributed by atoms with Crippen molar-refractivity contribution in [2.24, 2.45) is 0 Å². The van der Waals surface area contributed by atoms with Crippen molar-refractivity contribution in [1.82, 2.24) is 14.7 Å². The molecule has 2 rings (SSSR count). The molecule has 19 heavy (non-hydrogen) atoms. The molecule has 5 heteroatoms. The number of rotatable bonds is 6. The Kier molecular flexibility index (Phi) is 5.36. The predicted molar refractivity (Wildman–Crippen MR) is 81.9 cm³/mol. The Labute approximate surface area is 123 Å². The zero-order valence-electron chi connectivity index (χ0n) is 11.5. The van der Waals surface area contributed by atoms with Gasteiger partial charge in [-0.1, -0.05) is 43.8 Å². The van der Waals surface area contributed by atoms with E-state index < -0.39 is 0 Å². The molecule has 1 unspecified atom stereocenters. The van der Waals surface area contributed by atoms with Crippen LogP contribution in [-0.2, 0) is 0 Å². The van der Waals surface area contributed by atoms with Crippen LogP contribution in [0.25, 0.3) is 0 Å². The highest BCUT2D eigenvalue weighted by Gasteiger charge is 2.14. The van der Waals surface area contributed by atoms with Crippen molar-refractivity contribution in [3.05, 3.63) is 35.7 Å². The SMILES string of the molecule is CCNC(CC)c1ccccc1Sc1nc(C)ns1. The molecule has 0 spiro atoms. The van der Waals surface area contributed by atoms with E-state index in [1.165, 1.54) is 22.0 Å². The number of aryl methyl sites for hydroxylation is 1. The number of nitrogens with one attached hydrogen (secondary N) is 1. The summed E-state index contributed by atoms with van der Waals surface area (Å²) < 4.78 is 5.25. The highest BCUT2D eigenvalue weighted by molar-refractivity contribution is 8.01. The molecule has 0 aliphatic rings. The zero-order chi connectivity index (χ0) is 13.7. The lowest BCUT2D eigenvalue weighted by molar-refractivity contribution is 0.530. The van der Waals surface area contributed by atoms with Crippen molar-refractivity contribution in [1.29, 1.82) is 0 Å².